The van der Waals surface area contributed by atoms with Gasteiger partial charge in [0.15, 0.2) is 5.82 Å². The van der Waals surface area contributed by atoms with Crippen LogP contribution >= 0.6 is 39.1 Å². The van der Waals surface area contributed by atoms with Crippen LogP contribution in [-0.2, 0) is 0 Å². The Morgan fingerprint density at radius 2 is 1.77 bits per heavy atom. The highest BCUT2D eigenvalue weighted by Gasteiger charge is 2.16. The van der Waals surface area contributed by atoms with E-state index < -0.39 is 11.5 Å². The Kier molecular flexibility index (Phi) is 7.79. The summed E-state index contributed by atoms with van der Waals surface area (Å²) in [5, 5.41) is 5.60. The van der Waals surface area contributed by atoms with Crippen LogP contribution in [0.25, 0.3) is 22.3 Å². The fraction of sp³-hybridized carbons (Fsp3) is 0.0345. The number of ether oxygens (including phenoxy) is 2. The van der Waals surface area contributed by atoms with E-state index in [-0.39, 0.29) is 11.6 Å². The number of aromatic nitrogens is 2. The maximum atomic E-state index is 13.5. The van der Waals surface area contributed by atoms with E-state index in [4.69, 9.17) is 32.7 Å². The van der Waals surface area contributed by atoms with Crippen molar-refractivity contribution in [3.63, 3.8) is 0 Å². The molecule has 10 heteroatoms. The Bertz CT molecular complexity index is 1800. The number of hydrogen-bond donors (Lipinski definition) is 0. The van der Waals surface area contributed by atoms with E-state index in [9.17, 15) is 9.59 Å². The summed E-state index contributed by atoms with van der Waals surface area (Å²) < 4.78 is 12.7. The molecule has 1 aromatic heterocycles. The zero-order valence-electron chi connectivity index (χ0n) is 20.3. The molecule has 4 aromatic carbocycles. The van der Waals surface area contributed by atoms with E-state index in [2.05, 4.69) is 26.0 Å². The largest absolute Gasteiger partial charge is 0.497 e. The first-order chi connectivity index (χ1) is 18.8. The van der Waals surface area contributed by atoms with Crippen LogP contribution in [0, 0.1) is 0 Å². The fourth-order valence-electron chi connectivity index (χ4n) is 3.79. The highest BCUT2D eigenvalue weighted by atomic mass is 79.9. The van der Waals surface area contributed by atoms with Gasteiger partial charge in [0, 0.05) is 20.6 Å². The van der Waals surface area contributed by atoms with Crippen molar-refractivity contribution in [2.45, 2.75) is 0 Å². The zero-order valence-corrected chi connectivity index (χ0v) is 23.4. The lowest BCUT2D eigenvalue weighted by Crippen LogP contribution is -2.20. The molecule has 0 fully saturated rings. The number of benzene rings is 4. The average molecular weight is 623 g/mol. The van der Waals surface area contributed by atoms with Crippen LogP contribution < -0.4 is 15.0 Å². The van der Waals surface area contributed by atoms with E-state index in [1.165, 1.54) is 6.21 Å². The third-order valence-electron chi connectivity index (χ3n) is 5.74. The third-order valence-corrected chi connectivity index (χ3v) is 6.78. The molecule has 0 unspecified atom stereocenters. The van der Waals surface area contributed by atoms with Crippen molar-refractivity contribution in [2.75, 3.05) is 7.11 Å². The molecular weight excluding hydrogens is 605 g/mol. The Morgan fingerprint density at radius 1 is 1.00 bits per heavy atom. The molecular formula is C29H18BrCl2N3O4. The fourth-order valence-corrected chi connectivity index (χ4v) is 4.67. The van der Waals surface area contributed by atoms with Gasteiger partial charge in [0.2, 0.25) is 0 Å². The average Bonchev–Trinajstić information content (AvgIpc) is 2.94. The van der Waals surface area contributed by atoms with Crippen molar-refractivity contribution >= 4 is 62.2 Å². The number of halogens is 3. The van der Waals surface area contributed by atoms with Crippen LogP contribution in [0.3, 0.4) is 0 Å². The summed E-state index contributed by atoms with van der Waals surface area (Å²) in [6.07, 6.45) is 1.42. The predicted octanol–water partition coefficient (Wildman–Crippen LogP) is 7.24. The lowest BCUT2D eigenvalue weighted by atomic mass is 10.2. The number of carbonyl (C=O) groups is 1. The Balaban J connectivity index is 1.59. The predicted molar refractivity (Wildman–Crippen MR) is 157 cm³/mol. The highest BCUT2D eigenvalue weighted by Crippen LogP contribution is 2.30. The van der Waals surface area contributed by atoms with Gasteiger partial charge in [-0.05, 0) is 72.8 Å². The standard InChI is InChI=1S/C29H18BrCl2N3O4/c1-38-21-10-6-17(7-11-21)29(37)39-26-13-8-19(30)14-18(26)16-33-35-27(22-12-9-20(31)15-24(22)32)34-25-5-3-2-4-23(25)28(35)36/h2-16H,1H3. The van der Waals surface area contributed by atoms with Gasteiger partial charge in [0.25, 0.3) is 5.56 Å². The molecule has 7 nitrogen and oxygen atoms in total. The Labute approximate surface area is 241 Å². The third kappa shape index (κ3) is 5.73. The summed E-state index contributed by atoms with van der Waals surface area (Å²) in [5.41, 5.74) is 1.35. The SMILES string of the molecule is COc1ccc(C(=O)Oc2ccc(Br)cc2C=Nn2c(-c3ccc(Cl)cc3Cl)nc3ccccc3c2=O)cc1. The lowest BCUT2D eigenvalue weighted by Gasteiger charge is -2.12. The van der Waals surface area contributed by atoms with Gasteiger partial charge in [0.05, 0.1) is 34.8 Å². The van der Waals surface area contributed by atoms with E-state index in [1.54, 1.807) is 92.0 Å². The number of para-hydroxylation sites is 1. The molecule has 0 spiro atoms. The monoisotopic (exact) mass is 621 g/mol. The van der Waals surface area contributed by atoms with Crippen LogP contribution in [0.2, 0.25) is 10.0 Å². The van der Waals surface area contributed by atoms with Crippen molar-refractivity contribution < 1.29 is 14.3 Å². The van der Waals surface area contributed by atoms with Gasteiger partial charge >= 0.3 is 5.97 Å². The number of fused-ring (bicyclic) bond motifs is 1. The normalized spacial score (nSPS) is 11.2. The first kappa shape index (κ1) is 26.6. The van der Waals surface area contributed by atoms with Gasteiger partial charge in [-0.25, -0.2) is 9.78 Å². The van der Waals surface area contributed by atoms with Gasteiger partial charge in [-0.15, -0.1) is 0 Å². The minimum absolute atomic E-state index is 0.225. The molecule has 0 saturated carbocycles. The summed E-state index contributed by atoms with van der Waals surface area (Å²) in [4.78, 5) is 31.0. The summed E-state index contributed by atoms with van der Waals surface area (Å²) >= 11 is 16.0. The van der Waals surface area contributed by atoms with Gasteiger partial charge in [-0.1, -0.05) is 51.3 Å². The van der Waals surface area contributed by atoms with E-state index in [0.29, 0.717) is 43.4 Å². The molecule has 0 N–H and O–H groups in total. The van der Waals surface area contributed by atoms with Crippen molar-refractivity contribution in [3.05, 3.63) is 121 Å². The second-order valence-electron chi connectivity index (χ2n) is 8.24. The summed E-state index contributed by atoms with van der Waals surface area (Å²) in [6.45, 7) is 0. The van der Waals surface area contributed by atoms with Crippen molar-refractivity contribution in [1.29, 1.82) is 0 Å². The highest BCUT2D eigenvalue weighted by molar-refractivity contribution is 9.10. The molecule has 0 radical (unpaired) electrons. The molecule has 0 aliphatic rings. The lowest BCUT2D eigenvalue weighted by molar-refractivity contribution is 0.0734. The van der Waals surface area contributed by atoms with Crippen LogP contribution in [0.5, 0.6) is 11.5 Å². The molecule has 0 aliphatic heterocycles. The number of carbonyl (C=O) groups excluding carboxylic acids is 1. The molecule has 39 heavy (non-hydrogen) atoms. The molecule has 0 bridgehead atoms. The van der Waals surface area contributed by atoms with Crippen LogP contribution in [0.4, 0.5) is 0 Å². The number of nitrogens with zero attached hydrogens (tertiary/aromatic N) is 3. The summed E-state index contributed by atoms with van der Waals surface area (Å²) in [7, 11) is 1.55. The number of hydrogen-bond acceptors (Lipinski definition) is 6. The number of methoxy groups -OCH3 is 1. The Hall–Kier alpha value is -3.98. The van der Waals surface area contributed by atoms with Crippen molar-refractivity contribution in [3.8, 4) is 22.9 Å². The molecule has 1 heterocycles. The van der Waals surface area contributed by atoms with Gasteiger partial charge in [-0.3, -0.25) is 4.79 Å². The second kappa shape index (κ2) is 11.4. The van der Waals surface area contributed by atoms with Gasteiger partial charge in [-0.2, -0.15) is 9.78 Å². The second-order valence-corrected chi connectivity index (χ2v) is 10.00. The van der Waals surface area contributed by atoms with E-state index >= 15 is 0 Å². The molecule has 5 rings (SSSR count). The molecule has 0 amide bonds. The molecule has 0 atom stereocenters. The topological polar surface area (TPSA) is 82.8 Å². The Morgan fingerprint density at radius 3 is 2.51 bits per heavy atom. The molecule has 0 saturated heterocycles. The maximum Gasteiger partial charge on any atom is 0.343 e. The maximum absolute atomic E-state index is 13.5. The zero-order chi connectivity index (χ0) is 27.5. The number of rotatable bonds is 6. The van der Waals surface area contributed by atoms with Gasteiger partial charge in [0.1, 0.15) is 11.5 Å². The summed E-state index contributed by atoms with van der Waals surface area (Å²) in [5.74, 6) is 0.529. The van der Waals surface area contributed by atoms with Crippen molar-refractivity contribution in [1.82, 2.24) is 9.66 Å². The minimum atomic E-state index is -0.562. The molecule has 0 aliphatic carbocycles. The first-order valence-electron chi connectivity index (χ1n) is 11.5. The molecule has 194 valence electrons. The number of esters is 1. The smallest absolute Gasteiger partial charge is 0.343 e. The van der Waals surface area contributed by atoms with E-state index in [1.807, 2.05) is 0 Å². The minimum Gasteiger partial charge on any atom is -0.497 e. The van der Waals surface area contributed by atoms with Crippen LogP contribution in [-0.4, -0.2) is 29.0 Å². The van der Waals surface area contributed by atoms with Crippen LogP contribution in [0.15, 0.2) is 99.3 Å². The van der Waals surface area contributed by atoms with Crippen LogP contribution in [0.1, 0.15) is 15.9 Å². The van der Waals surface area contributed by atoms with Gasteiger partial charge < -0.3 is 9.47 Å². The van der Waals surface area contributed by atoms with E-state index in [0.717, 1.165) is 9.15 Å². The quantitative estimate of drug-likeness (QED) is 0.113. The van der Waals surface area contributed by atoms with Crippen molar-refractivity contribution in [2.24, 2.45) is 5.10 Å². The summed E-state index contributed by atoms with van der Waals surface area (Å²) in [6, 6.07) is 23.5. The first-order valence-corrected chi connectivity index (χ1v) is 13.1. The molecule has 5 aromatic rings.